The number of nitrogens with zero attached hydrogens (tertiary/aromatic N) is 4. The third-order valence-corrected chi connectivity index (χ3v) is 4.81. The Morgan fingerprint density at radius 1 is 1.22 bits per heavy atom. The van der Waals surface area contributed by atoms with Crippen molar-refractivity contribution in [3.8, 4) is 0 Å². The van der Waals surface area contributed by atoms with E-state index in [1.54, 1.807) is 0 Å². The van der Waals surface area contributed by atoms with E-state index >= 15 is 0 Å². The molecule has 0 spiro atoms. The Bertz CT molecular complexity index is 836. The molecule has 3 aromatic rings. The Balaban J connectivity index is 1.72. The number of aromatic nitrogens is 3. The van der Waals surface area contributed by atoms with Gasteiger partial charge in [0.2, 0.25) is 0 Å². The van der Waals surface area contributed by atoms with Crippen LogP contribution in [0.3, 0.4) is 0 Å². The number of imidazole rings is 1. The van der Waals surface area contributed by atoms with E-state index in [1.165, 1.54) is 29.7 Å². The predicted octanol–water partition coefficient (Wildman–Crippen LogP) is 3.66. The van der Waals surface area contributed by atoms with E-state index in [9.17, 15) is 0 Å². The van der Waals surface area contributed by atoms with Crippen LogP contribution in [0.1, 0.15) is 30.3 Å². The molecule has 1 aromatic carbocycles. The molecular weight excluding hydrogens is 284 g/mol. The van der Waals surface area contributed by atoms with Gasteiger partial charge in [-0.15, -0.1) is 0 Å². The van der Waals surface area contributed by atoms with Gasteiger partial charge in [0.1, 0.15) is 5.82 Å². The van der Waals surface area contributed by atoms with Crippen molar-refractivity contribution in [2.75, 3.05) is 18.0 Å². The fourth-order valence-corrected chi connectivity index (χ4v) is 3.72. The van der Waals surface area contributed by atoms with Crippen LogP contribution in [0.5, 0.6) is 0 Å². The average molecular weight is 306 g/mol. The first-order chi connectivity index (χ1) is 11.2. The molecule has 23 heavy (non-hydrogen) atoms. The van der Waals surface area contributed by atoms with Crippen LogP contribution in [0.25, 0.3) is 10.9 Å². The summed E-state index contributed by atoms with van der Waals surface area (Å²) in [5.74, 6) is 1.70. The zero-order chi connectivity index (χ0) is 15.8. The van der Waals surface area contributed by atoms with Crippen LogP contribution >= 0.6 is 0 Å². The van der Waals surface area contributed by atoms with Gasteiger partial charge in [0.25, 0.3) is 0 Å². The molecule has 0 saturated carbocycles. The molecule has 1 atom stereocenters. The SMILES string of the molecule is Cc1cc(N2CCC[C@H](c3nccn3C)C2)c2ccccc2n1. The molecule has 0 aliphatic carbocycles. The van der Waals surface area contributed by atoms with E-state index in [-0.39, 0.29) is 0 Å². The van der Waals surface area contributed by atoms with Gasteiger partial charge < -0.3 is 9.47 Å². The van der Waals surface area contributed by atoms with E-state index in [1.807, 2.05) is 12.4 Å². The standard InChI is InChI=1S/C19H22N4/c1-14-12-18(16-7-3-4-8-17(16)21-14)23-10-5-6-15(13-23)19-20-9-11-22(19)2/h3-4,7-9,11-12,15H,5-6,10,13H2,1-2H3/t15-/m0/s1. The Hall–Kier alpha value is -2.36. The second-order valence-corrected chi connectivity index (χ2v) is 6.48. The van der Waals surface area contributed by atoms with Gasteiger partial charge in [0.05, 0.1) is 5.52 Å². The lowest BCUT2D eigenvalue weighted by Gasteiger charge is -2.35. The van der Waals surface area contributed by atoms with Gasteiger partial charge in [-0.1, -0.05) is 18.2 Å². The third-order valence-electron chi connectivity index (χ3n) is 4.81. The third kappa shape index (κ3) is 2.58. The van der Waals surface area contributed by atoms with Crippen molar-refractivity contribution in [1.82, 2.24) is 14.5 Å². The van der Waals surface area contributed by atoms with Gasteiger partial charge in [-0.2, -0.15) is 0 Å². The van der Waals surface area contributed by atoms with Crippen LogP contribution in [-0.4, -0.2) is 27.6 Å². The molecule has 1 aliphatic heterocycles. The molecule has 1 saturated heterocycles. The monoisotopic (exact) mass is 306 g/mol. The van der Waals surface area contributed by atoms with Gasteiger partial charge in [-0.3, -0.25) is 4.98 Å². The number of hydrogen-bond acceptors (Lipinski definition) is 3. The van der Waals surface area contributed by atoms with Crippen molar-refractivity contribution in [3.63, 3.8) is 0 Å². The fraction of sp³-hybridized carbons (Fsp3) is 0.368. The van der Waals surface area contributed by atoms with Crippen molar-refractivity contribution < 1.29 is 0 Å². The van der Waals surface area contributed by atoms with Gasteiger partial charge in [-0.25, -0.2) is 4.98 Å². The molecule has 4 heteroatoms. The lowest BCUT2D eigenvalue weighted by molar-refractivity contribution is 0.482. The number of anilines is 1. The number of piperidine rings is 1. The first-order valence-electron chi connectivity index (χ1n) is 8.31. The van der Waals surface area contributed by atoms with Gasteiger partial charge in [0.15, 0.2) is 0 Å². The van der Waals surface area contributed by atoms with Crippen molar-refractivity contribution in [2.24, 2.45) is 7.05 Å². The molecule has 0 bridgehead atoms. The summed E-state index contributed by atoms with van der Waals surface area (Å²) in [6, 6.07) is 10.7. The molecule has 0 unspecified atom stereocenters. The van der Waals surface area contributed by atoms with E-state index in [0.717, 1.165) is 24.3 Å². The van der Waals surface area contributed by atoms with Crippen LogP contribution in [0.4, 0.5) is 5.69 Å². The van der Waals surface area contributed by atoms with E-state index in [2.05, 4.69) is 63.7 Å². The van der Waals surface area contributed by atoms with Crippen LogP contribution in [-0.2, 0) is 7.05 Å². The second kappa shape index (κ2) is 5.69. The summed E-state index contributed by atoms with van der Waals surface area (Å²) in [5.41, 5.74) is 3.48. The summed E-state index contributed by atoms with van der Waals surface area (Å²) in [4.78, 5) is 11.8. The molecule has 4 nitrogen and oxygen atoms in total. The number of hydrogen-bond donors (Lipinski definition) is 0. The largest absolute Gasteiger partial charge is 0.370 e. The van der Waals surface area contributed by atoms with E-state index < -0.39 is 0 Å². The molecule has 4 rings (SSSR count). The molecule has 0 radical (unpaired) electrons. The minimum atomic E-state index is 0.496. The molecule has 2 aromatic heterocycles. The minimum Gasteiger partial charge on any atom is -0.370 e. The van der Waals surface area contributed by atoms with Gasteiger partial charge in [0, 0.05) is 55.2 Å². The maximum atomic E-state index is 4.67. The highest BCUT2D eigenvalue weighted by atomic mass is 15.2. The maximum absolute atomic E-state index is 4.67. The summed E-state index contributed by atoms with van der Waals surface area (Å²) in [7, 11) is 2.09. The van der Waals surface area contributed by atoms with Crippen LogP contribution in [0.15, 0.2) is 42.7 Å². The molecule has 3 heterocycles. The Morgan fingerprint density at radius 3 is 2.91 bits per heavy atom. The van der Waals surface area contributed by atoms with E-state index in [4.69, 9.17) is 0 Å². The van der Waals surface area contributed by atoms with Gasteiger partial charge in [-0.05, 0) is 31.9 Å². The first-order valence-corrected chi connectivity index (χ1v) is 8.31. The van der Waals surface area contributed by atoms with Crippen LogP contribution in [0.2, 0.25) is 0 Å². The average Bonchev–Trinajstić information content (AvgIpc) is 3.00. The molecule has 1 fully saturated rings. The summed E-state index contributed by atoms with van der Waals surface area (Å²) < 4.78 is 2.16. The quantitative estimate of drug-likeness (QED) is 0.724. The number of benzene rings is 1. The normalized spacial score (nSPS) is 18.5. The van der Waals surface area contributed by atoms with Crippen molar-refractivity contribution >= 4 is 16.6 Å². The molecule has 0 N–H and O–H groups in total. The number of para-hydroxylation sites is 1. The van der Waals surface area contributed by atoms with Crippen molar-refractivity contribution in [1.29, 1.82) is 0 Å². The lowest BCUT2D eigenvalue weighted by atomic mass is 9.96. The molecular formula is C19H22N4. The Labute approximate surface area is 136 Å². The van der Waals surface area contributed by atoms with Crippen LogP contribution < -0.4 is 4.90 Å². The Kier molecular flexibility index (Phi) is 3.52. The number of aryl methyl sites for hydroxylation is 2. The lowest BCUT2D eigenvalue weighted by Crippen LogP contribution is -2.35. The van der Waals surface area contributed by atoms with E-state index in [0.29, 0.717) is 5.92 Å². The zero-order valence-corrected chi connectivity index (χ0v) is 13.7. The smallest absolute Gasteiger partial charge is 0.113 e. The molecule has 0 amide bonds. The Morgan fingerprint density at radius 2 is 2.09 bits per heavy atom. The highest BCUT2D eigenvalue weighted by Gasteiger charge is 2.25. The summed E-state index contributed by atoms with van der Waals surface area (Å²) in [5, 5.41) is 1.25. The maximum Gasteiger partial charge on any atom is 0.113 e. The van der Waals surface area contributed by atoms with Crippen LogP contribution in [0, 0.1) is 6.92 Å². The highest BCUT2D eigenvalue weighted by molar-refractivity contribution is 5.92. The minimum absolute atomic E-state index is 0.496. The summed E-state index contributed by atoms with van der Waals surface area (Å²) >= 11 is 0. The van der Waals surface area contributed by atoms with Crippen molar-refractivity contribution in [3.05, 3.63) is 54.2 Å². The van der Waals surface area contributed by atoms with Crippen molar-refractivity contribution in [2.45, 2.75) is 25.7 Å². The molecule has 118 valence electrons. The van der Waals surface area contributed by atoms with Gasteiger partial charge >= 0.3 is 0 Å². The topological polar surface area (TPSA) is 34.0 Å². The number of pyridine rings is 1. The highest BCUT2D eigenvalue weighted by Crippen LogP contribution is 2.33. The predicted molar refractivity (Wildman–Crippen MR) is 93.9 cm³/mol. The molecule has 1 aliphatic rings. The second-order valence-electron chi connectivity index (χ2n) is 6.48. The number of fused-ring (bicyclic) bond motifs is 1. The summed E-state index contributed by atoms with van der Waals surface area (Å²) in [6.45, 7) is 4.21. The number of rotatable bonds is 2. The first kappa shape index (κ1) is 14.2. The zero-order valence-electron chi connectivity index (χ0n) is 13.7. The summed E-state index contributed by atoms with van der Waals surface area (Å²) in [6.07, 6.45) is 6.36. The fourth-order valence-electron chi connectivity index (χ4n) is 3.72.